The van der Waals surface area contributed by atoms with E-state index >= 15 is 0 Å². The lowest BCUT2D eigenvalue weighted by molar-refractivity contribution is -0.176. The Balaban J connectivity index is 1.80. The zero-order chi connectivity index (χ0) is 29.9. The van der Waals surface area contributed by atoms with E-state index in [4.69, 9.17) is 15.0 Å². The highest BCUT2D eigenvalue weighted by molar-refractivity contribution is 6.28. The molecule has 2 heterocycles. The highest BCUT2D eigenvalue weighted by Crippen LogP contribution is 2.25. The summed E-state index contributed by atoms with van der Waals surface area (Å²) in [6.45, 7) is 3.61. The van der Waals surface area contributed by atoms with Crippen LogP contribution in [0.5, 0.6) is 5.75 Å². The quantitative estimate of drug-likeness (QED) is 0.117. The van der Waals surface area contributed by atoms with Gasteiger partial charge in [0.2, 0.25) is 11.8 Å². The van der Waals surface area contributed by atoms with Crippen molar-refractivity contribution in [3.63, 3.8) is 0 Å². The molecule has 2 N–H and O–H groups in total. The molecule has 2 aliphatic rings. The topological polar surface area (TPSA) is 188 Å². The largest absolute Gasteiger partial charge is 0.497 e. The first-order chi connectivity index (χ1) is 19.7. The van der Waals surface area contributed by atoms with Crippen LogP contribution < -0.4 is 15.4 Å². The van der Waals surface area contributed by atoms with Crippen LogP contribution in [0.15, 0.2) is 36.9 Å². The van der Waals surface area contributed by atoms with Crippen molar-refractivity contribution in [1.29, 1.82) is 0 Å². The molecule has 0 aliphatic carbocycles. The second-order valence-corrected chi connectivity index (χ2v) is 9.37. The lowest BCUT2D eigenvalue weighted by Gasteiger charge is -2.43. The van der Waals surface area contributed by atoms with Crippen LogP contribution in [0.25, 0.3) is 5.53 Å². The average Bonchev–Trinajstić information content (AvgIpc) is 3.10. The maximum Gasteiger partial charge on any atom is 0.325 e. The molecule has 0 radical (unpaired) electrons. The number of hydrogen-bond acceptors (Lipinski definition) is 8. The van der Waals surface area contributed by atoms with Crippen molar-refractivity contribution in [1.82, 2.24) is 20.7 Å². The average molecular weight is 569 g/mol. The molecule has 14 nitrogen and oxygen atoms in total. The number of ketones is 1. The number of ether oxygens (including phenoxy) is 2. The van der Waals surface area contributed by atoms with Crippen LogP contribution in [0.2, 0.25) is 0 Å². The molecule has 3 atom stereocenters. The molecule has 0 aromatic heterocycles. The molecule has 2 saturated heterocycles. The zero-order valence-electron chi connectivity index (χ0n) is 22.6. The van der Waals surface area contributed by atoms with Gasteiger partial charge in [0.1, 0.15) is 24.4 Å². The number of hydrogen-bond donors (Lipinski definition) is 2. The Morgan fingerprint density at radius 2 is 2.02 bits per heavy atom. The van der Waals surface area contributed by atoms with Gasteiger partial charge in [-0.25, -0.2) is 5.01 Å². The van der Waals surface area contributed by atoms with E-state index in [0.717, 1.165) is 5.01 Å². The predicted molar refractivity (Wildman–Crippen MR) is 142 cm³/mol. The fourth-order valence-electron chi connectivity index (χ4n) is 4.60. The number of rotatable bonds is 12. The molecular weight excluding hydrogens is 536 g/mol. The smallest absolute Gasteiger partial charge is 0.325 e. The maximum atomic E-state index is 13.7. The predicted octanol–water partition coefficient (Wildman–Crippen LogP) is 0.186. The number of carbonyl (C=O) groups excluding carboxylic acids is 6. The molecule has 0 bridgehead atoms. The highest BCUT2D eigenvalue weighted by Gasteiger charge is 2.45. The van der Waals surface area contributed by atoms with Gasteiger partial charge in [-0.15, -0.1) is 0 Å². The molecular formula is C27H32N6O8. The lowest BCUT2D eigenvalue weighted by Crippen LogP contribution is -2.64. The zero-order valence-corrected chi connectivity index (χ0v) is 22.6. The molecule has 14 heteroatoms. The molecule has 2 aliphatic heterocycles. The summed E-state index contributed by atoms with van der Waals surface area (Å²) in [7, 11) is 1.46. The second-order valence-electron chi connectivity index (χ2n) is 9.37. The van der Waals surface area contributed by atoms with Gasteiger partial charge in [0, 0.05) is 24.9 Å². The number of methoxy groups -OCH3 is 1. The number of nitrogens with zero attached hydrogens (tertiary/aromatic N) is 4. The van der Waals surface area contributed by atoms with E-state index in [2.05, 4.69) is 22.0 Å². The Labute approximate surface area is 236 Å². The van der Waals surface area contributed by atoms with Crippen LogP contribution in [-0.4, -0.2) is 94.8 Å². The third-order valence-corrected chi connectivity index (χ3v) is 6.65. The minimum Gasteiger partial charge on any atom is -0.497 e. The summed E-state index contributed by atoms with van der Waals surface area (Å²) < 4.78 is 10.0. The number of carbonyl (C=O) groups is 6. The Hall–Kier alpha value is -4.84. The molecule has 0 unspecified atom stereocenters. The Bertz CT molecular complexity index is 1260. The van der Waals surface area contributed by atoms with Gasteiger partial charge >= 0.3 is 12.2 Å². The number of benzene rings is 1. The monoisotopic (exact) mass is 568 g/mol. The first-order valence-corrected chi connectivity index (χ1v) is 13.1. The van der Waals surface area contributed by atoms with Crippen molar-refractivity contribution in [2.75, 3.05) is 20.3 Å². The molecule has 3 rings (SSSR count). The van der Waals surface area contributed by atoms with Crippen molar-refractivity contribution in [3.8, 4) is 5.75 Å². The van der Waals surface area contributed by atoms with Crippen LogP contribution in [-0.2, 0) is 28.7 Å². The Morgan fingerprint density at radius 3 is 2.73 bits per heavy atom. The van der Waals surface area contributed by atoms with Gasteiger partial charge in [-0.2, -0.15) is 4.79 Å². The molecule has 41 heavy (non-hydrogen) atoms. The summed E-state index contributed by atoms with van der Waals surface area (Å²) in [6, 6.07) is 2.79. The first-order valence-electron chi connectivity index (χ1n) is 13.1. The minimum absolute atomic E-state index is 0.0234. The van der Waals surface area contributed by atoms with E-state index in [-0.39, 0.29) is 56.7 Å². The Kier molecular flexibility index (Phi) is 10.9. The van der Waals surface area contributed by atoms with Gasteiger partial charge in [-0.3, -0.25) is 33.8 Å². The fraction of sp³-hybridized carbons (Fsp3) is 0.444. The molecule has 1 aromatic rings. The molecule has 1 aromatic carbocycles. The van der Waals surface area contributed by atoms with E-state index in [1.165, 1.54) is 24.3 Å². The summed E-state index contributed by atoms with van der Waals surface area (Å²) >= 11 is 0. The molecule has 4 amide bonds. The van der Waals surface area contributed by atoms with E-state index in [1.807, 2.05) is 0 Å². The number of fused-ring (bicyclic) bond motifs is 1. The number of amides is 4. The molecule has 218 valence electrons. The molecule has 0 saturated carbocycles. The minimum atomic E-state index is -1.27. The second kappa shape index (κ2) is 14.5. The first kappa shape index (κ1) is 30.7. The highest BCUT2D eigenvalue weighted by atomic mass is 16.5. The summed E-state index contributed by atoms with van der Waals surface area (Å²) in [6.07, 6.45) is 2.12. The van der Waals surface area contributed by atoms with E-state index in [9.17, 15) is 28.8 Å². The third kappa shape index (κ3) is 7.85. The summed E-state index contributed by atoms with van der Waals surface area (Å²) in [5.74, 6) is -3.32. The van der Waals surface area contributed by atoms with Crippen molar-refractivity contribution in [3.05, 3.63) is 48.0 Å². The van der Waals surface area contributed by atoms with Crippen LogP contribution in [0.4, 0.5) is 0 Å². The maximum absolute atomic E-state index is 13.7. The van der Waals surface area contributed by atoms with Gasteiger partial charge in [0.25, 0.3) is 17.6 Å². The molecule has 0 spiro atoms. The van der Waals surface area contributed by atoms with Gasteiger partial charge in [-0.1, -0.05) is 18.7 Å². The number of nitrogens with one attached hydrogen (secondary N) is 2. The van der Waals surface area contributed by atoms with Gasteiger partial charge in [0.05, 0.1) is 13.2 Å². The van der Waals surface area contributed by atoms with E-state index in [1.54, 1.807) is 18.2 Å². The van der Waals surface area contributed by atoms with Crippen LogP contribution in [0.1, 0.15) is 48.9 Å². The SMILES string of the molecule is C=CCOC(=O)CC[C@H](NC(=O)[C@@H]1CCCN2C(=O)CC[C@H](NC(=O)c3cccc(OC)c3)C(=O)N12)C(=O)C=[N+]=[N-]. The van der Waals surface area contributed by atoms with Gasteiger partial charge in [0.15, 0.2) is 0 Å². The summed E-state index contributed by atoms with van der Waals surface area (Å²) in [5.41, 5.74) is 9.07. The summed E-state index contributed by atoms with van der Waals surface area (Å²) in [5, 5.41) is 7.42. The van der Waals surface area contributed by atoms with Crippen molar-refractivity contribution < 1.29 is 43.0 Å². The van der Waals surface area contributed by atoms with Crippen LogP contribution >= 0.6 is 0 Å². The number of esters is 1. The van der Waals surface area contributed by atoms with E-state index < -0.39 is 47.6 Å². The van der Waals surface area contributed by atoms with Crippen LogP contribution in [0, 0.1) is 0 Å². The number of Topliss-reactive ketones (excluding diaryl/α,β-unsaturated/α-hetero) is 1. The standard InChI is InChI=1S/C27H32N6O8/c1-3-14-41-24(36)12-10-19(22(34)16-29-28)30-26(38)21-8-5-13-32-23(35)11-9-20(27(39)33(21)32)31-25(37)17-6-4-7-18(15-17)40-2/h3-4,6-7,15-16,19-21H,1,5,8-14H2,2H3,(H,30,38)(H,31,37)/t19-,20-,21-/m0/s1. The number of hydrazine groups is 1. The van der Waals surface area contributed by atoms with Crippen molar-refractivity contribution in [2.24, 2.45) is 0 Å². The fourth-order valence-corrected chi connectivity index (χ4v) is 4.60. The van der Waals surface area contributed by atoms with Gasteiger partial charge < -0.3 is 25.6 Å². The molecule has 2 fully saturated rings. The van der Waals surface area contributed by atoms with E-state index in [0.29, 0.717) is 18.4 Å². The van der Waals surface area contributed by atoms with Crippen LogP contribution in [0.3, 0.4) is 0 Å². The van der Waals surface area contributed by atoms with Crippen molar-refractivity contribution >= 4 is 41.6 Å². The lowest BCUT2D eigenvalue weighted by atomic mass is 10.0. The Morgan fingerprint density at radius 1 is 1.24 bits per heavy atom. The van der Waals surface area contributed by atoms with Gasteiger partial charge in [-0.05, 0) is 43.9 Å². The summed E-state index contributed by atoms with van der Waals surface area (Å²) in [4.78, 5) is 80.1. The third-order valence-electron chi connectivity index (χ3n) is 6.65. The normalized spacial score (nSPS) is 19.0. The van der Waals surface area contributed by atoms with Crippen molar-refractivity contribution in [2.45, 2.75) is 56.7 Å².